The number of aliphatic carboxylic acids is 1. The van der Waals surface area contributed by atoms with Gasteiger partial charge >= 0.3 is 5.97 Å². The Morgan fingerprint density at radius 3 is 2.48 bits per heavy atom. The fourth-order valence-electron chi connectivity index (χ4n) is 2.92. The van der Waals surface area contributed by atoms with Gasteiger partial charge in [0.2, 0.25) is 11.8 Å². The van der Waals surface area contributed by atoms with Crippen LogP contribution in [0.4, 0.5) is 4.39 Å². The quantitative estimate of drug-likeness (QED) is 0.814. The number of alkyl halides is 1. The van der Waals surface area contributed by atoms with Gasteiger partial charge in [-0.05, 0) is 17.0 Å². The number of carboxylic acid groups (broad SMARTS) is 1. The fourth-order valence-corrected chi connectivity index (χ4v) is 2.92. The first-order chi connectivity index (χ1) is 11.8. The molecule has 2 N–H and O–H groups in total. The number of nitrogens with zero attached hydrogens (tertiary/aromatic N) is 1. The predicted molar refractivity (Wildman–Crippen MR) is 89.5 cm³/mol. The summed E-state index contributed by atoms with van der Waals surface area (Å²) in [7, 11) is 0. The lowest BCUT2D eigenvalue weighted by Crippen LogP contribution is -2.56. The molecule has 2 rings (SSSR count). The molecule has 0 fully saturated rings. The molecule has 6 nitrogen and oxygen atoms in total. The van der Waals surface area contributed by atoms with Crippen molar-refractivity contribution < 1.29 is 23.9 Å². The number of hydrogen-bond acceptors (Lipinski definition) is 3. The number of nitrogens with one attached hydrogen (secondary N) is 1. The summed E-state index contributed by atoms with van der Waals surface area (Å²) in [5, 5.41) is 11.1. The molecule has 2 atom stereocenters. The molecule has 2 amide bonds. The van der Waals surface area contributed by atoms with Gasteiger partial charge in [0.15, 0.2) is 6.04 Å². The van der Waals surface area contributed by atoms with Crippen molar-refractivity contribution in [1.82, 2.24) is 10.2 Å². The normalized spacial score (nSPS) is 17.8. The number of fused-ring (bicyclic) bond motifs is 1. The average molecular weight is 350 g/mol. The number of benzene rings is 1. The van der Waals surface area contributed by atoms with E-state index in [1.165, 1.54) is 4.90 Å². The van der Waals surface area contributed by atoms with Crippen LogP contribution in [0.5, 0.6) is 0 Å². The van der Waals surface area contributed by atoms with E-state index in [-0.39, 0.29) is 31.2 Å². The molecule has 0 spiro atoms. The van der Waals surface area contributed by atoms with Crippen LogP contribution in [0.1, 0.15) is 31.4 Å². The summed E-state index contributed by atoms with van der Waals surface area (Å²) in [5.41, 5.74) is 1.90. The fraction of sp³-hybridized carbons (Fsp3) is 0.500. The van der Waals surface area contributed by atoms with Gasteiger partial charge in [-0.2, -0.15) is 0 Å². The Labute approximate surface area is 146 Å². The van der Waals surface area contributed by atoms with E-state index in [9.17, 15) is 18.8 Å². The zero-order valence-electron chi connectivity index (χ0n) is 14.4. The summed E-state index contributed by atoms with van der Waals surface area (Å²) in [4.78, 5) is 37.6. The van der Waals surface area contributed by atoms with Crippen LogP contribution in [0.2, 0.25) is 0 Å². The van der Waals surface area contributed by atoms with Gasteiger partial charge in [-0.1, -0.05) is 38.1 Å². The van der Waals surface area contributed by atoms with Crippen LogP contribution in [0, 0.1) is 5.92 Å². The third-order valence-electron chi connectivity index (χ3n) is 4.22. The van der Waals surface area contributed by atoms with E-state index in [4.69, 9.17) is 5.11 Å². The number of carbonyl (C=O) groups excluding carboxylic acids is 2. The SMILES string of the molecule is CC(C)CC(=O)N1Cc2ccccc2CC1C(=O)NC(CF)C(=O)O. The number of carboxylic acids is 1. The average Bonchev–Trinajstić information content (AvgIpc) is 2.57. The van der Waals surface area contributed by atoms with Crippen molar-refractivity contribution >= 4 is 17.8 Å². The summed E-state index contributed by atoms with van der Waals surface area (Å²) in [5.74, 6) is -2.12. The molecule has 0 bridgehead atoms. The molecule has 0 saturated carbocycles. The van der Waals surface area contributed by atoms with Crippen molar-refractivity contribution in [3.63, 3.8) is 0 Å². The number of hydrogen-bond donors (Lipinski definition) is 2. The molecule has 7 heteroatoms. The molecule has 0 radical (unpaired) electrons. The Morgan fingerprint density at radius 1 is 1.28 bits per heavy atom. The minimum absolute atomic E-state index is 0.131. The van der Waals surface area contributed by atoms with Crippen molar-refractivity contribution in [2.45, 2.75) is 45.3 Å². The smallest absolute Gasteiger partial charge is 0.328 e. The maximum absolute atomic E-state index is 12.8. The van der Waals surface area contributed by atoms with Gasteiger partial charge < -0.3 is 15.3 Å². The van der Waals surface area contributed by atoms with Gasteiger partial charge in [0, 0.05) is 19.4 Å². The maximum Gasteiger partial charge on any atom is 0.328 e. The van der Waals surface area contributed by atoms with Crippen LogP contribution in [-0.4, -0.2) is 46.5 Å². The topological polar surface area (TPSA) is 86.7 Å². The molecule has 1 aliphatic rings. The Hall–Kier alpha value is -2.44. The van der Waals surface area contributed by atoms with E-state index in [2.05, 4.69) is 5.32 Å². The molecule has 25 heavy (non-hydrogen) atoms. The molecule has 1 aromatic carbocycles. The molecule has 1 heterocycles. The highest BCUT2D eigenvalue weighted by atomic mass is 19.1. The predicted octanol–water partition coefficient (Wildman–Crippen LogP) is 1.52. The second kappa shape index (κ2) is 8.09. The Bertz CT molecular complexity index is 662. The van der Waals surface area contributed by atoms with Crippen LogP contribution >= 0.6 is 0 Å². The molecular weight excluding hydrogens is 327 g/mol. The van der Waals surface area contributed by atoms with E-state index in [0.29, 0.717) is 0 Å². The van der Waals surface area contributed by atoms with Gasteiger partial charge in [0.1, 0.15) is 12.7 Å². The minimum Gasteiger partial charge on any atom is -0.480 e. The van der Waals surface area contributed by atoms with E-state index in [1.54, 1.807) is 0 Å². The molecule has 136 valence electrons. The third-order valence-corrected chi connectivity index (χ3v) is 4.22. The van der Waals surface area contributed by atoms with Crippen LogP contribution in [0.3, 0.4) is 0 Å². The summed E-state index contributed by atoms with van der Waals surface area (Å²) in [6, 6.07) is 5.06. The monoisotopic (exact) mass is 350 g/mol. The zero-order valence-corrected chi connectivity index (χ0v) is 14.4. The summed E-state index contributed by atoms with van der Waals surface area (Å²) in [6.45, 7) is 2.90. The lowest BCUT2D eigenvalue weighted by atomic mass is 9.92. The molecule has 0 aliphatic carbocycles. The number of carbonyl (C=O) groups is 3. The highest BCUT2D eigenvalue weighted by Gasteiger charge is 2.36. The van der Waals surface area contributed by atoms with Gasteiger partial charge in [-0.25, -0.2) is 9.18 Å². The number of rotatable bonds is 6. The summed E-state index contributed by atoms with van der Waals surface area (Å²) >= 11 is 0. The molecule has 1 aliphatic heterocycles. The van der Waals surface area contributed by atoms with E-state index >= 15 is 0 Å². The highest BCUT2D eigenvalue weighted by Crippen LogP contribution is 2.25. The van der Waals surface area contributed by atoms with Gasteiger partial charge in [-0.15, -0.1) is 0 Å². The van der Waals surface area contributed by atoms with E-state index in [1.807, 2.05) is 38.1 Å². The van der Waals surface area contributed by atoms with Crippen molar-refractivity contribution in [2.75, 3.05) is 6.67 Å². The lowest BCUT2D eigenvalue weighted by Gasteiger charge is -2.36. The van der Waals surface area contributed by atoms with Crippen LogP contribution < -0.4 is 5.32 Å². The Kier molecular flexibility index (Phi) is 6.12. The Balaban J connectivity index is 2.25. The van der Waals surface area contributed by atoms with Crippen molar-refractivity contribution in [3.8, 4) is 0 Å². The van der Waals surface area contributed by atoms with Crippen molar-refractivity contribution in [2.24, 2.45) is 5.92 Å². The number of amides is 2. The standard InChI is InChI=1S/C18H23FN2O4/c1-11(2)7-16(22)21-10-13-6-4-3-5-12(13)8-15(21)17(23)20-14(9-19)18(24)25/h3-6,11,14-15H,7-10H2,1-2H3,(H,20,23)(H,24,25). The largest absolute Gasteiger partial charge is 0.480 e. The molecule has 1 aromatic rings. The van der Waals surface area contributed by atoms with Crippen LogP contribution in [0.25, 0.3) is 0 Å². The third kappa shape index (κ3) is 4.55. The van der Waals surface area contributed by atoms with Gasteiger partial charge in [0.25, 0.3) is 0 Å². The van der Waals surface area contributed by atoms with E-state index < -0.39 is 30.6 Å². The molecular formula is C18H23FN2O4. The van der Waals surface area contributed by atoms with Crippen LogP contribution in [-0.2, 0) is 27.3 Å². The van der Waals surface area contributed by atoms with Crippen molar-refractivity contribution in [1.29, 1.82) is 0 Å². The minimum atomic E-state index is -1.60. The lowest BCUT2D eigenvalue weighted by molar-refractivity contribution is -0.146. The Morgan fingerprint density at radius 2 is 1.92 bits per heavy atom. The summed E-state index contributed by atoms with van der Waals surface area (Å²) < 4.78 is 12.8. The zero-order chi connectivity index (χ0) is 18.6. The second-order valence-electron chi connectivity index (χ2n) is 6.66. The van der Waals surface area contributed by atoms with Crippen LogP contribution in [0.15, 0.2) is 24.3 Å². The second-order valence-corrected chi connectivity index (χ2v) is 6.66. The summed E-state index contributed by atoms with van der Waals surface area (Å²) in [6.07, 6.45) is 0.571. The van der Waals surface area contributed by atoms with E-state index in [0.717, 1.165) is 11.1 Å². The van der Waals surface area contributed by atoms with Gasteiger partial charge in [-0.3, -0.25) is 9.59 Å². The molecule has 0 aromatic heterocycles. The highest BCUT2D eigenvalue weighted by molar-refractivity contribution is 5.91. The van der Waals surface area contributed by atoms with Gasteiger partial charge in [0.05, 0.1) is 0 Å². The first-order valence-electron chi connectivity index (χ1n) is 8.28. The first-order valence-corrected chi connectivity index (χ1v) is 8.28. The first kappa shape index (κ1) is 18.9. The molecule has 2 unspecified atom stereocenters. The van der Waals surface area contributed by atoms with Crippen molar-refractivity contribution in [3.05, 3.63) is 35.4 Å². The maximum atomic E-state index is 12.8. The number of halogens is 1. The molecule has 0 saturated heterocycles.